The highest BCUT2D eigenvalue weighted by molar-refractivity contribution is 6.33. The molecule has 0 radical (unpaired) electrons. The lowest BCUT2D eigenvalue weighted by Crippen LogP contribution is -2.26. The Bertz CT molecular complexity index is 664. The molecule has 0 spiro atoms. The molecule has 2 atom stereocenters. The molecule has 2 aromatic rings. The van der Waals surface area contributed by atoms with Gasteiger partial charge in [-0.2, -0.15) is 0 Å². The number of nitrogens with zero attached hydrogens (tertiary/aromatic N) is 3. The fourth-order valence-electron chi connectivity index (χ4n) is 2.95. The van der Waals surface area contributed by atoms with Gasteiger partial charge in [0, 0.05) is 50.7 Å². The third-order valence-corrected chi connectivity index (χ3v) is 4.37. The standard InChI is InChI=1S/C16H17ClN4O/c1-21-15(22)8-12(16(21)11-2-5-18-6-3-11)9-20-14-4-7-19-10-13(14)17/h2-7,10,12,16H,8-9H2,1H3,(H,19,20)/t12-,16-/m0/s1. The molecular formula is C16H17ClN4O. The van der Waals surface area contributed by atoms with Gasteiger partial charge in [0.05, 0.1) is 16.8 Å². The zero-order valence-corrected chi connectivity index (χ0v) is 13.0. The maximum absolute atomic E-state index is 12.1. The molecule has 5 nitrogen and oxygen atoms in total. The number of nitrogens with one attached hydrogen (secondary N) is 1. The minimum atomic E-state index is 0.0589. The largest absolute Gasteiger partial charge is 0.383 e. The van der Waals surface area contributed by atoms with Gasteiger partial charge in [-0.1, -0.05) is 11.6 Å². The first-order valence-corrected chi connectivity index (χ1v) is 7.53. The zero-order valence-electron chi connectivity index (χ0n) is 12.2. The van der Waals surface area contributed by atoms with Crippen molar-refractivity contribution in [3.05, 3.63) is 53.6 Å². The summed E-state index contributed by atoms with van der Waals surface area (Å²) in [5.41, 5.74) is 1.95. The van der Waals surface area contributed by atoms with E-state index in [1.165, 1.54) is 0 Å². The van der Waals surface area contributed by atoms with Crippen LogP contribution in [0.1, 0.15) is 18.0 Å². The van der Waals surface area contributed by atoms with Crippen molar-refractivity contribution in [2.75, 3.05) is 18.9 Å². The van der Waals surface area contributed by atoms with Gasteiger partial charge in [-0.3, -0.25) is 14.8 Å². The fourth-order valence-corrected chi connectivity index (χ4v) is 3.14. The molecule has 0 bridgehead atoms. The number of likely N-dealkylation sites (tertiary alicyclic amines) is 1. The minimum Gasteiger partial charge on any atom is -0.383 e. The summed E-state index contributed by atoms with van der Waals surface area (Å²) < 4.78 is 0. The summed E-state index contributed by atoms with van der Waals surface area (Å²) in [5, 5.41) is 3.91. The van der Waals surface area contributed by atoms with E-state index < -0.39 is 0 Å². The van der Waals surface area contributed by atoms with E-state index in [2.05, 4.69) is 15.3 Å². The molecule has 0 unspecified atom stereocenters. The molecule has 114 valence electrons. The average molecular weight is 317 g/mol. The number of halogens is 1. The maximum Gasteiger partial charge on any atom is 0.223 e. The van der Waals surface area contributed by atoms with E-state index >= 15 is 0 Å². The van der Waals surface area contributed by atoms with Crippen molar-refractivity contribution in [2.24, 2.45) is 5.92 Å². The van der Waals surface area contributed by atoms with Crippen LogP contribution in [0.5, 0.6) is 0 Å². The van der Waals surface area contributed by atoms with E-state index in [1.807, 2.05) is 30.1 Å². The Kier molecular flexibility index (Phi) is 4.24. The van der Waals surface area contributed by atoms with E-state index in [1.54, 1.807) is 24.8 Å². The molecule has 1 fully saturated rings. The molecule has 0 saturated carbocycles. The van der Waals surface area contributed by atoms with Crippen molar-refractivity contribution in [1.29, 1.82) is 0 Å². The van der Waals surface area contributed by atoms with Crippen LogP contribution < -0.4 is 5.32 Å². The highest BCUT2D eigenvalue weighted by Crippen LogP contribution is 2.37. The smallest absolute Gasteiger partial charge is 0.223 e. The number of carbonyl (C=O) groups excluding carboxylic acids is 1. The first-order chi connectivity index (χ1) is 10.7. The van der Waals surface area contributed by atoms with Gasteiger partial charge in [-0.15, -0.1) is 0 Å². The van der Waals surface area contributed by atoms with Crippen molar-refractivity contribution in [2.45, 2.75) is 12.5 Å². The van der Waals surface area contributed by atoms with E-state index in [4.69, 9.17) is 11.6 Å². The number of aromatic nitrogens is 2. The highest BCUT2D eigenvalue weighted by atomic mass is 35.5. The van der Waals surface area contributed by atoms with Crippen LogP contribution in [0.25, 0.3) is 0 Å². The maximum atomic E-state index is 12.1. The number of hydrogen-bond donors (Lipinski definition) is 1. The van der Waals surface area contributed by atoms with Crippen LogP contribution >= 0.6 is 11.6 Å². The third kappa shape index (κ3) is 2.90. The van der Waals surface area contributed by atoms with Gasteiger partial charge >= 0.3 is 0 Å². The lowest BCUT2D eigenvalue weighted by atomic mass is 9.94. The van der Waals surface area contributed by atoms with Crippen molar-refractivity contribution >= 4 is 23.2 Å². The van der Waals surface area contributed by atoms with Gasteiger partial charge in [0.1, 0.15) is 0 Å². The van der Waals surface area contributed by atoms with Crippen molar-refractivity contribution in [1.82, 2.24) is 14.9 Å². The lowest BCUT2D eigenvalue weighted by Gasteiger charge is -2.25. The number of hydrogen-bond acceptors (Lipinski definition) is 4. The van der Waals surface area contributed by atoms with Gasteiger partial charge in [0.25, 0.3) is 0 Å². The average Bonchev–Trinajstić information content (AvgIpc) is 2.82. The molecule has 1 N–H and O–H groups in total. The van der Waals surface area contributed by atoms with E-state index in [-0.39, 0.29) is 17.9 Å². The Morgan fingerprint density at radius 2 is 2.00 bits per heavy atom. The number of pyridine rings is 2. The van der Waals surface area contributed by atoms with Crippen LogP contribution in [0.2, 0.25) is 5.02 Å². The monoisotopic (exact) mass is 316 g/mol. The van der Waals surface area contributed by atoms with Gasteiger partial charge in [0.15, 0.2) is 0 Å². The second-order valence-electron chi connectivity index (χ2n) is 5.43. The quantitative estimate of drug-likeness (QED) is 0.942. The Morgan fingerprint density at radius 3 is 2.73 bits per heavy atom. The normalized spacial score (nSPS) is 21.2. The summed E-state index contributed by atoms with van der Waals surface area (Å²) in [4.78, 5) is 21.9. The van der Waals surface area contributed by atoms with Crippen LogP contribution in [0.4, 0.5) is 5.69 Å². The Hall–Kier alpha value is -2.14. The number of amides is 1. The molecule has 1 aliphatic rings. The molecule has 6 heteroatoms. The first kappa shape index (κ1) is 14.8. The fraction of sp³-hybridized carbons (Fsp3) is 0.312. The van der Waals surface area contributed by atoms with Crippen LogP contribution in [0.3, 0.4) is 0 Å². The Morgan fingerprint density at radius 1 is 1.27 bits per heavy atom. The van der Waals surface area contributed by atoms with Crippen LogP contribution in [0.15, 0.2) is 43.0 Å². The number of carbonyl (C=O) groups is 1. The molecular weight excluding hydrogens is 300 g/mol. The SMILES string of the molecule is CN1C(=O)C[C@@H](CNc2ccncc2Cl)[C@@H]1c1ccncc1. The second kappa shape index (κ2) is 6.32. The molecule has 3 heterocycles. The Labute approximate surface area is 134 Å². The number of rotatable bonds is 4. The summed E-state index contributed by atoms with van der Waals surface area (Å²) in [6, 6.07) is 5.83. The molecule has 2 aromatic heterocycles. The molecule has 1 saturated heterocycles. The third-order valence-electron chi connectivity index (χ3n) is 4.07. The second-order valence-corrected chi connectivity index (χ2v) is 5.84. The van der Waals surface area contributed by atoms with Crippen molar-refractivity contribution in [3.8, 4) is 0 Å². The molecule has 1 aliphatic heterocycles. The minimum absolute atomic E-state index is 0.0589. The molecule has 22 heavy (non-hydrogen) atoms. The summed E-state index contributed by atoms with van der Waals surface area (Å²) in [6.45, 7) is 0.673. The number of anilines is 1. The molecule has 1 amide bonds. The Balaban J connectivity index is 1.77. The highest BCUT2D eigenvalue weighted by Gasteiger charge is 2.38. The van der Waals surface area contributed by atoms with E-state index in [0.29, 0.717) is 18.0 Å². The zero-order chi connectivity index (χ0) is 15.5. The summed E-state index contributed by atoms with van der Waals surface area (Å²) >= 11 is 6.11. The van der Waals surface area contributed by atoms with Crippen LogP contribution in [0, 0.1) is 5.92 Å². The van der Waals surface area contributed by atoms with Gasteiger partial charge < -0.3 is 10.2 Å². The van der Waals surface area contributed by atoms with E-state index in [0.717, 1.165) is 11.3 Å². The summed E-state index contributed by atoms with van der Waals surface area (Å²) in [6.07, 6.45) is 7.35. The van der Waals surface area contributed by atoms with Gasteiger partial charge in [-0.05, 0) is 23.8 Å². The molecule has 3 rings (SSSR count). The van der Waals surface area contributed by atoms with Gasteiger partial charge in [-0.25, -0.2) is 0 Å². The van der Waals surface area contributed by atoms with E-state index in [9.17, 15) is 4.79 Å². The van der Waals surface area contributed by atoms with Crippen molar-refractivity contribution in [3.63, 3.8) is 0 Å². The van der Waals surface area contributed by atoms with Crippen LogP contribution in [-0.4, -0.2) is 34.4 Å². The predicted molar refractivity (Wildman–Crippen MR) is 85.6 cm³/mol. The lowest BCUT2D eigenvalue weighted by molar-refractivity contribution is -0.127. The molecule has 0 aromatic carbocycles. The van der Waals surface area contributed by atoms with Crippen molar-refractivity contribution < 1.29 is 4.79 Å². The van der Waals surface area contributed by atoms with Gasteiger partial charge in [0.2, 0.25) is 5.91 Å². The topological polar surface area (TPSA) is 58.1 Å². The first-order valence-electron chi connectivity index (χ1n) is 7.16. The summed E-state index contributed by atoms with van der Waals surface area (Å²) in [7, 11) is 1.85. The summed E-state index contributed by atoms with van der Waals surface area (Å²) in [5.74, 6) is 0.346. The predicted octanol–water partition coefficient (Wildman–Crippen LogP) is 2.76. The van der Waals surface area contributed by atoms with Crippen LogP contribution in [-0.2, 0) is 4.79 Å². The molecule has 0 aliphatic carbocycles.